The molecule has 0 aliphatic heterocycles. The van der Waals surface area contributed by atoms with Crippen molar-refractivity contribution in [3.05, 3.63) is 51.9 Å². The van der Waals surface area contributed by atoms with Gasteiger partial charge in [-0.3, -0.25) is 9.78 Å². The van der Waals surface area contributed by atoms with Gasteiger partial charge in [0.1, 0.15) is 11.3 Å². The van der Waals surface area contributed by atoms with Gasteiger partial charge in [0, 0.05) is 16.9 Å². The highest BCUT2D eigenvalue weighted by Gasteiger charge is 2.19. The molecule has 0 radical (unpaired) electrons. The van der Waals surface area contributed by atoms with Gasteiger partial charge in [-0.25, -0.2) is 0 Å². The van der Waals surface area contributed by atoms with E-state index in [4.69, 9.17) is 21.8 Å². The maximum absolute atomic E-state index is 11.5. The standard InChI is InChI=1S/C14H9BrClN3O2/c15-7-1-2-10(9(16)5-7)19-12-8-6-18-4-3-11(8)21-13(12)14(17)20/h1-6,19H,(H2,17,20). The average molecular weight is 367 g/mol. The molecule has 3 rings (SSSR count). The van der Waals surface area contributed by atoms with Crippen LogP contribution in [0.4, 0.5) is 11.4 Å². The van der Waals surface area contributed by atoms with Gasteiger partial charge in [-0.2, -0.15) is 0 Å². The second kappa shape index (κ2) is 5.38. The number of primary amides is 1. The molecule has 0 saturated heterocycles. The minimum absolute atomic E-state index is 0.0389. The minimum atomic E-state index is -0.665. The molecule has 3 N–H and O–H groups in total. The van der Waals surface area contributed by atoms with E-state index in [0.717, 1.165) is 4.47 Å². The first-order chi connectivity index (χ1) is 10.1. The Balaban J connectivity index is 2.14. The number of pyridine rings is 1. The van der Waals surface area contributed by atoms with Crippen LogP contribution in [-0.2, 0) is 0 Å². The Morgan fingerprint density at radius 3 is 2.90 bits per heavy atom. The number of rotatable bonds is 3. The molecule has 0 fully saturated rings. The largest absolute Gasteiger partial charge is 0.448 e. The average Bonchev–Trinajstić information content (AvgIpc) is 2.81. The maximum Gasteiger partial charge on any atom is 0.286 e. The van der Waals surface area contributed by atoms with Gasteiger partial charge in [0.15, 0.2) is 0 Å². The maximum atomic E-state index is 11.5. The number of nitrogens with one attached hydrogen (secondary N) is 1. The summed E-state index contributed by atoms with van der Waals surface area (Å²) in [6.45, 7) is 0. The Morgan fingerprint density at radius 1 is 1.38 bits per heavy atom. The van der Waals surface area contributed by atoms with E-state index in [1.807, 2.05) is 6.07 Å². The van der Waals surface area contributed by atoms with Crippen molar-refractivity contribution in [2.75, 3.05) is 5.32 Å². The number of carbonyl (C=O) groups excluding carboxylic acids is 1. The van der Waals surface area contributed by atoms with E-state index in [0.29, 0.717) is 27.4 Å². The molecule has 106 valence electrons. The fraction of sp³-hybridized carbons (Fsp3) is 0. The van der Waals surface area contributed by atoms with E-state index in [2.05, 4.69) is 26.2 Å². The van der Waals surface area contributed by atoms with Gasteiger partial charge in [0.2, 0.25) is 5.76 Å². The predicted molar refractivity (Wildman–Crippen MR) is 85.0 cm³/mol. The topological polar surface area (TPSA) is 81.2 Å². The first kappa shape index (κ1) is 13.9. The molecular formula is C14H9BrClN3O2. The number of carbonyl (C=O) groups is 1. The third-order valence-corrected chi connectivity index (χ3v) is 3.71. The van der Waals surface area contributed by atoms with E-state index in [9.17, 15) is 4.79 Å². The van der Waals surface area contributed by atoms with Gasteiger partial charge in [0.05, 0.1) is 16.1 Å². The lowest BCUT2D eigenvalue weighted by molar-refractivity contribution is 0.0977. The van der Waals surface area contributed by atoms with Gasteiger partial charge in [0.25, 0.3) is 5.91 Å². The number of hydrogen-bond acceptors (Lipinski definition) is 4. The summed E-state index contributed by atoms with van der Waals surface area (Å²) in [5, 5.41) is 4.24. The van der Waals surface area contributed by atoms with Crippen LogP contribution in [0, 0.1) is 0 Å². The fourth-order valence-electron chi connectivity index (χ4n) is 1.96. The quantitative estimate of drug-likeness (QED) is 0.731. The molecule has 2 heterocycles. The number of furan rings is 1. The first-order valence-corrected chi connectivity index (χ1v) is 7.12. The fourth-order valence-corrected chi connectivity index (χ4v) is 2.69. The highest BCUT2D eigenvalue weighted by molar-refractivity contribution is 9.10. The molecule has 0 aliphatic carbocycles. The zero-order chi connectivity index (χ0) is 15.0. The summed E-state index contributed by atoms with van der Waals surface area (Å²) in [5.41, 5.74) is 6.97. The van der Waals surface area contributed by atoms with E-state index < -0.39 is 5.91 Å². The molecule has 3 aromatic rings. The third kappa shape index (κ3) is 2.59. The third-order valence-electron chi connectivity index (χ3n) is 2.90. The van der Waals surface area contributed by atoms with Gasteiger partial charge < -0.3 is 15.5 Å². The Kier molecular flexibility index (Phi) is 3.57. The first-order valence-electron chi connectivity index (χ1n) is 5.94. The van der Waals surface area contributed by atoms with E-state index in [1.54, 1.807) is 30.6 Å². The highest BCUT2D eigenvalue weighted by atomic mass is 79.9. The summed E-state index contributed by atoms with van der Waals surface area (Å²) in [6.07, 6.45) is 3.17. The predicted octanol–water partition coefficient (Wildman–Crippen LogP) is 4.09. The number of halogens is 2. The second-order valence-corrected chi connectivity index (χ2v) is 5.61. The van der Waals surface area contributed by atoms with Crippen LogP contribution < -0.4 is 11.1 Å². The van der Waals surface area contributed by atoms with Gasteiger partial charge >= 0.3 is 0 Å². The molecule has 0 aliphatic rings. The number of nitrogens with zero attached hydrogens (tertiary/aromatic N) is 1. The lowest BCUT2D eigenvalue weighted by Gasteiger charge is -2.08. The van der Waals surface area contributed by atoms with Crippen molar-refractivity contribution in [2.24, 2.45) is 5.73 Å². The number of hydrogen-bond donors (Lipinski definition) is 2. The van der Waals surface area contributed by atoms with Crippen molar-refractivity contribution in [1.82, 2.24) is 4.98 Å². The molecule has 5 nitrogen and oxygen atoms in total. The van der Waals surface area contributed by atoms with Gasteiger partial charge in [-0.15, -0.1) is 0 Å². The number of fused-ring (bicyclic) bond motifs is 1. The SMILES string of the molecule is NC(=O)c1oc2ccncc2c1Nc1ccc(Br)cc1Cl. The van der Waals surface area contributed by atoms with E-state index >= 15 is 0 Å². The number of amides is 1. The van der Waals surface area contributed by atoms with Crippen LogP contribution in [0.25, 0.3) is 11.0 Å². The van der Waals surface area contributed by atoms with Crippen LogP contribution in [0.1, 0.15) is 10.6 Å². The van der Waals surface area contributed by atoms with Crippen LogP contribution in [0.3, 0.4) is 0 Å². The number of aromatic nitrogens is 1. The van der Waals surface area contributed by atoms with Crippen LogP contribution in [0.5, 0.6) is 0 Å². The summed E-state index contributed by atoms with van der Waals surface area (Å²) >= 11 is 9.51. The molecule has 0 bridgehead atoms. The monoisotopic (exact) mass is 365 g/mol. The summed E-state index contributed by atoms with van der Waals surface area (Å²) in [4.78, 5) is 15.6. The van der Waals surface area contributed by atoms with Crippen molar-refractivity contribution in [2.45, 2.75) is 0 Å². The van der Waals surface area contributed by atoms with E-state index in [-0.39, 0.29) is 5.76 Å². The lowest BCUT2D eigenvalue weighted by atomic mass is 10.2. The zero-order valence-corrected chi connectivity index (χ0v) is 12.9. The Bertz CT molecular complexity index is 847. The summed E-state index contributed by atoms with van der Waals surface area (Å²) in [5.74, 6) is -0.626. The molecular weight excluding hydrogens is 358 g/mol. The van der Waals surface area contributed by atoms with Crippen LogP contribution >= 0.6 is 27.5 Å². The van der Waals surface area contributed by atoms with Crippen LogP contribution in [0.15, 0.2) is 45.5 Å². The van der Waals surface area contributed by atoms with Crippen molar-refractivity contribution in [3.63, 3.8) is 0 Å². The van der Waals surface area contributed by atoms with Gasteiger partial charge in [-0.05, 0) is 24.3 Å². The van der Waals surface area contributed by atoms with E-state index in [1.165, 1.54) is 0 Å². The number of anilines is 2. The van der Waals surface area contributed by atoms with Gasteiger partial charge in [-0.1, -0.05) is 27.5 Å². The summed E-state index contributed by atoms with van der Waals surface area (Å²) < 4.78 is 6.32. The zero-order valence-electron chi connectivity index (χ0n) is 10.6. The lowest BCUT2D eigenvalue weighted by Crippen LogP contribution is -2.11. The molecule has 7 heteroatoms. The summed E-state index contributed by atoms with van der Waals surface area (Å²) in [7, 11) is 0. The molecule has 1 amide bonds. The molecule has 0 unspecified atom stereocenters. The molecule has 2 aromatic heterocycles. The molecule has 0 spiro atoms. The molecule has 0 atom stereocenters. The second-order valence-electron chi connectivity index (χ2n) is 4.29. The molecule has 21 heavy (non-hydrogen) atoms. The van der Waals surface area contributed by atoms with Crippen LogP contribution in [-0.4, -0.2) is 10.9 Å². The van der Waals surface area contributed by atoms with Crippen molar-refractivity contribution in [3.8, 4) is 0 Å². The van der Waals surface area contributed by atoms with Crippen molar-refractivity contribution >= 4 is 55.8 Å². The number of nitrogens with two attached hydrogens (primary N) is 1. The Labute approximate surface area is 133 Å². The highest BCUT2D eigenvalue weighted by Crippen LogP contribution is 2.35. The van der Waals surface area contributed by atoms with Crippen molar-refractivity contribution < 1.29 is 9.21 Å². The smallest absolute Gasteiger partial charge is 0.286 e. The Hall–Kier alpha value is -2.05. The number of benzene rings is 1. The normalized spacial score (nSPS) is 10.8. The Morgan fingerprint density at radius 2 is 2.19 bits per heavy atom. The minimum Gasteiger partial charge on any atom is -0.448 e. The molecule has 1 aromatic carbocycles. The molecule has 0 saturated carbocycles. The van der Waals surface area contributed by atoms with Crippen LogP contribution in [0.2, 0.25) is 5.02 Å². The van der Waals surface area contributed by atoms with Crippen molar-refractivity contribution in [1.29, 1.82) is 0 Å². The summed E-state index contributed by atoms with van der Waals surface area (Å²) in [6, 6.07) is 7.02.